The van der Waals surface area contributed by atoms with Crippen LogP contribution in [0.15, 0.2) is 6.07 Å². The Morgan fingerprint density at radius 2 is 2.04 bits per heavy atom. The van der Waals surface area contributed by atoms with Crippen LogP contribution in [0.3, 0.4) is 0 Å². The van der Waals surface area contributed by atoms with Gasteiger partial charge in [0.25, 0.3) is 0 Å². The van der Waals surface area contributed by atoms with Crippen molar-refractivity contribution in [1.29, 1.82) is 0 Å². The second-order valence-corrected chi connectivity index (χ2v) is 6.76. The molecule has 26 heavy (non-hydrogen) atoms. The highest BCUT2D eigenvalue weighted by Crippen LogP contribution is 2.22. The van der Waals surface area contributed by atoms with Crippen LogP contribution in [0.25, 0.3) is 0 Å². The number of carbonyl (C=O) groups excluding carboxylic acids is 1. The number of aromatic nitrogens is 2. The number of aryl methyl sites for hydroxylation is 2. The average molecular weight is 406 g/mol. The molecule has 2 atom stereocenters. The fourth-order valence-corrected chi connectivity index (χ4v) is 3.15. The molecule has 0 radical (unpaired) electrons. The van der Waals surface area contributed by atoms with Gasteiger partial charge in [0.15, 0.2) is 0 Å². The third kappa shape index (κ3) is 8.52. The highest BCUT2D eigenvalue weighted by Gasteiger charge is 2.24. The van der Waals surface area contributed by atoms with E-state index >= 15 is 0 Å². The molecule has 1 aliphatic rings. The van der Waals surface area contributed by atoms with Crippen LogP contribution < -0.4 is 16.4 Å². The first kappa shape index (κ1) is 24.9. The summed E-state index contributed by atoms with van der Waals surface area (Å²) in [7, 11) is 0. The quantitative estimate of drug-likeness (QED) is 0.577. The fourth-order valence-electron chi connectivity index (χ4n) is 3.15. The zero-order valence-corrected chi connectivity index (χ0v) is 17.4. The van der Waals surface area contributed by atoms with Crippen molar-refractivity contribution in [2.75, 3.05) is 18.4 Å². The largest absolute Gasteiger partial charge is 0.368 e. The molecule has 0 bridgehead atoms. The molecule has 1 fully saturated rings. The number of nitrogens with zero attached hydrogens (tertiary/aromatic N) is 2. The van der Waals surface area contributed by atoms with Gasteiger partial charge in [-0.25, -0.2) is 9.97 Å². The molecular weight excluding hydrogens is 373 g/mol. The molecule has 1 aliphatic carbocycles. The number of amides is 1. The second-order valence-electron chi connectivity index (χ2n) is 6.76. The van der Waals surface area contributed by atoms with Gasteiger partial charge in [0.2, 0.25) is 5.91 Å². The summed E-state index contributed by atoms with van der Waals surface area (Å²) < 4.78 is 0. The van der Waals surface area contributed by atoms with Gasteiger partial charge >= 0.3 is 0 Å². The van der Waals surface area contributed by atoms with E-state index in [0.29, 0.717) is 13.1 Å². The normalized spacial score (nSPS) is 19.0. The Hall–Kier alpha value is -1.11. The van der Waals surface area contributed by atoms with E-state index in [1.165, 1.54) is 0 Å². The van der Waals surface area contributed by atoms with Gasteiger partial charge in [-0.1, -0.05) is 19.8 Å². The van der Waals surface area contributed by atoms with Crippen LogP contribution in [0.5, 0.6) is 0 Å². The van der Waals surface area contributed by atoms with Crippen molar-refractivity contribution in [1.82, 2.24) is 15.3 Å². The van der Waals surface area contributed by atoms with Crippen LogP contribution >= 0.6 is 24.8 Å². The molecule has 2 rings (SSSR count). The Bertz CT molecular complexity index is 544. The molecule has 4 N–H and O–H groups in total. The molecule has 0 aromatic carbocycles. The van der Waals surface area contributed by atoms with Crippen molar-refractivity contribution in [2.24, 2.45) is 11.7 Å². The minimum Gasteiger partial charge on any atom is -0.368 e. The van der Waals surface area contributed by atoms with Crippen LogP contribution in [0.1, 0.15) is 57.0 Å². The van der Waals surface area contributed by atoms with Gasteiger partial charge < -0.3 is 16.4 Å². The molecule has 1 saturated carbocycles. The predicted octanol–water partition coefficient (Wildman–Crippen LogP) is 3.02. The van der Waals surface area contributed by atoms with E-state index < -0.39 is 0 Å². The first-order valence-electron chi connectivity index (χ1n) is 9.20. The van der Waals surface area contributed by atoms with E-state index in [2.05, 4.69) is 27.5 Å². The SMILES string of the molecule is CCCCc1nc(C)cc(NCCNC(=O)[C@@H]2CCC[C@H](N)C2)n1.Cl.Cl. The smallest absolute Gasteiger partial charge is 0.223 e. The second kappa shape index (κ2) is 13.1. The number of unbranched alkanes of at least 4 members (excludes halogenated alkanes) is 1. The van der Waals surface area contributed by atoms with Crippen molar-refractivity contribution in [3.05, 3.63) is 17.6 Å². The Morgan fingerprint density at radius 3 is 2.73 bits per heavy atom. The Balaban J connectivity index is 0.00000312. The zero-order chi connectivity index (χ0) is 17.4. The Labute approximate surface area is 169 Å². The number of nitrogens with two attached hydrogens (primary N) is 1. The van der Waals surface area contributed by atoms with Gasteiger partial charge in [-0.05, 0) is 32.6 Å². The summed E-state index contributed by atoms with van der Waals surface area (Å²) in [4.78, 5) is 21.2. The van der Waals surface area contributed by atoms with Gasteiger partial charge in [-0.2, -0.15) is 0 Å². The zero-order valence-electron chi connectivity index (χ0n) is 15.8. The summed E-state index contributed by atoms with van der Waals surface area (Å²) in [5.41, 5.74) is 6.92. The lowest BCUT2D eigenvalue weighted by Gasteiger charge is -2.25. The Morgan fingerprint density at radius 1 is 1.27 bits per heavy atom. The topological polar surface area (TPSA) is 92.9 Å². The summed E-state index contributed by atoms with van der Waals surface area (Å²) in [5.74, 6) is 1.94. The third-order valence-corrected chi connectivity index (χ3v) is 4.47. The highest BCUT2D eigenvalue weighted by atomic mass is 35.5. The van der Waals surface area contributed by atoms with Gasteiger partial charge in [0.05, 0.1) is 0 Å². The van der Waals surface area contributed by atoms with Crippen LogP contribution in [0, 0.1) is 12.8 Å². The van der Waals surface area contributed by atoms with E-state index in [1.807, 2.05) is 13.0 Å². The van der Waals surface area contributed by atoms with Crippen molar-refractivity contribution < 1.29 is 4.79 Å². The number of rotatable bonds is 8. The molecule has 1 aromatic heterocycles. The summed E-state index contributed by atoms with van der Waals surface area (Å²) in [6, 6.07) is 2.12. The van der Waals surface area contributed by atoms with Crippen molar-refractivity contribution in [2.45, 2.75) is 64.8 Å². The molecule has 150 valence electrons. The lowest BCUT2D eigenvalue weighted by molar-refractivity contribution is -0.126. The molecule has 0 saturated heterocycles. The molecule has 0 aliphatic heterocycles. The highest BCUT2D eigenvalue weighted by molar-refractivity contribution is 5.85. The minimum atomic E-state index is 0. The number of nitrogens with one attached hydrogen (secondary N) is 2. The average Bonchev–Trinajstić information content (AvgIpc) is 2.56. The van der Waals surface area contributed by atoms with E-state index in [1.54, 1.807) is 0 Å². The molecule has 1 amide bonds. The maximum atomic E-state index is 12.2. The predicted molar refractivity (Wildman–Crippen MR) is 111 cm³/mol. The summed E-state index contributed by atoms with van der Waals surface area (Å²) in [6.07, 6.45) is 7.01. The standard InChI is InChI=1S/C18H31N5O.2ClH/c1-3-4-8-16-22-13(2)11-17(23-16)20-9-10-21-18(24)14-6-5-7-15(19)12-14;;/h11,14-15H,3-10,12,19H2,1-2H3,(H,21,24)(H,20,22,23);2*1H/t14-,15+;;/m1../s1. The molecule has 0 unspecified atom stereocenters. The summed E-state index contributed by atoms with van der Waals surface area (Å²) in [5, 5.41) is 6.29. The summed E-state index contributed by atoms with van der Waals surface area (Å²) >= 11 is 0. The van der Waals surface area contributed by atoms with Crippen molar-refractivity contribution in [3.63, 3.8) is 0 Å². The number of hydrogen-bond donors (Lipinski definition) is 3. The van der Waals surface area contributed by atoms with Gasteiger partial charge in [-0.3, -0.25) is 4.79 Å². The third-order valence-electron chi connectivity index (χ3n) is 4.47. The molecule has 1 aromatic rings. The lowest BCUT2D eigenvalue weighted by Crippen LogP contribution is -2.39. The summed E-state index contributed by atoms with van der Waals surface area (Å²) in [6.45, 7) is 5.40. The maximum Gasteiger partial charge on any atom is 0.223 e. The number of carbonyl (C=O) groups is 1. The minimum absolute atomic E-state index is 0. The number of anilines is 1. The van der Waals surface area contributed by atoms with Crippen molar-refractivity contribution in [3.8, 4) is 0 Å². The van der Waals surface area contributed by atoms with Crippen LogP contribution in [-0.4, -0.2) is 35.0 Å². The van der Waals surface area contributed by atoms with Crippen LogP contribution in [-0.2, 0) is 11.2 Å². The first-order valence-corrected chi connectivity index (χ1v) is 9.20. The van der Waals surface area contributed by atoms with E-state index in [-0.39, 0.29) is 42.7 Å². The number of halogens is 2. The van der Waals surface area contributed by atoms with E-state index in [0.717, 1.165) is 62.3 Å². The van der Waals surface area contributed by atoms with E-state index in [4.69, 9.17) is 5.73 Å². The van der Waals surface area contributed by atoms with Crippen LogP contribution in [0.2, 0.25) is 0 Å². The number of hydrogen-bond acceptors (Lipinski definition) is 5. The van der Waals surface area contributed by atoms with Gasteiger partial charge in [0, 0.05) is 43.2 Å². The van der Waals surface area contributed by atoms with Crippen molar-refractivity contribution >= 4 is 36.5 Å². The lowest BCUT2D eigenvalue weighted by atomic mass is 9.85. The molecular formula is C18H33Cl2N5O. The fraction of sp³-hybridized carbons (Fsp3) is 0.722. The molecule has 8 heteroatoms. The van der Waals surface area contributed by atoms with Crippen LogP contribution in [0.4, 0.5) is 5.82 Å². The van der Waals surface area contributed by atoms with E-state index in [9.17, 15) is 4.79 Å². The monoisotopic (exact) mass is 405 g/mol. The first-order chi connectivity index (χ1) is 11.6. The molecule has 0 spiro atoms. The maximum absolute atomic E-state index is 12.2. The Kier molecular flexibility index (Phi) is 12.6. The van der Waals surface area contributed by atoms with Gasteiger partial charge in [0.1, 0.15) is 11.6 Å². The molecule has 6 nitrogen and oxygen atoms in total. The molecule has 1 heterocycles. The van der Waals surface area contributed by atoms with Gasteiger partial charge in [-0.15, -0.1) is 24.8 Å².